The summed E-state index contributed by atoms with van der Waals surface area (Å²) in [5.74, 6) is -3.03. The van der Waals surface area contributed by atoms with Crippen molar-refractivity contribution in [1.29, 1.82) is 0 Å². The first kappa shape index (κ1) is 13.8. The Hall–Kier alpha value is -2.63. The minimum absolute atomic E-state index is 0.0923. The van der Waals surface area contributed by atoms with Gasteiger partial charge in [0, 0.05) is 18.2 Å². The average molecular weight is 279 g/mol. The van der Waals surface area contributed by atoms with Crippen LogP contribution in [-0.2, 0) is 6.54 Å². The summed E-state index contributed by atoms with van der Waals surface area (Å²) >= 11 is 0. The zero-order valence-corrected chi connectivity index (χ0v) is 10.2. The Morgan fingerprint density at radius 3 is 2.35 bits per heavy atom. The van der Waals surface area contributed by atoms with Crippen LogP contribution in [0.5, 0.6) is 11.5 Å². The molecule has 104 valence electrons. The highest BCUT2D eigenvalue weighted by Crippen LogP contribution is 2.26. The van der Waals surface area contributed by atoms with Gasteiger partial charge in [0.05, 0.1) is 0 Å². The van der Waals surface area contributed by atoms with E-state index in [1.54, 1.807) is 0 Å². The lowest BCUT2D eigenvalue weighted by Gasteiger charge is -2.09. The van der Waals surface area contributed by atoms with Crippen molar-refractivity contribution >= 4 is 5.91 Å². The van der Waals surface area contributed by atoms with Crippen LogP contribution in [0.4, 0.5) is 8.78 Å². The van der Waals surface area contributed by atoms with E-state index in [-0.39, 0.29) is 29.2 Å². The van der Waals surface area contributed by atoms with E-state index in [9.17, 15) is 23.8 Å². The third kappa shape index (κ3) is 2.85. The lowest BCUT2D eigenvalue weighted by atomic mass is 10.1. The van der Waals surface area contributed by atoms with Crippen LogP contribution < -0.4 is 5.32 Å². The van der Waals surface area contributed by atoms with Gasteiger partial charge in [0.2, 0.25) is 0 Å². The Morgan fingerprint density at radius 2 is 1.75 bits per heavy atom. The molecule has 6 heteroatoms. The summed E-state index contributed by atoms with van der Waals surface area (Å²) in [5.41, 5.74) is -0.204. The number of hydrogen-bond acceptors (Lipinski definition) is 3. The summed E-state index contributed by atoms with van der Waals surface area (Å²) < 4.78 is 26.1. The number of rotatable bonds is 3. The Labute approximate surface area is 113 Å². The number of carbonyl (C=O) groups excluding carboxylic acids is 1. The molecule has 2 rings (SSSR count). The molecule has 2 aromatic carbocycles. The predicted molar refractivity (Wildman–Crippen MR) is 67.3 cm³/mol. The predicted octanol–water partition coefficient (Wildman–Crippen LogP) is 2.31. The molecule has 0 aliphatic carbocycles. The fraction of sp³-hybridized carbons (Fsp3) is 0.0714. The van der Waals surface area contributed by atoms with Gasteiger partial charge in [-0.25, -0.2) is 8.78 Å². The van der Waals surface area contributed by atoms with Gasteiger partial charge in [-0.15, -0.1) is 0 Å². The molecule has 0 unspecified atom stereocenters. The summed E-state index contributed by atoms with van der Waals surface area (Å²) in [6, 6.07) is 6.85. The lowest BCUT2D eigenvalue weighted by molar-refractivity contribution is 0.0945. The maximum absolute atomic E-state index is 13.4. The van der Waals surface area contributed by atoms with Gasteiger partial charge < -0.3 is 15.5 Å². The smallest absolute Gasteiger partial charge is 0.259 e. The Bertz CT molecular complexity index is 639. The van der Waals surface area contributed by atoms with Crippen LogP contribution in [0, 0.1) is 11.6 Å². The lowest BCUT2D eigenvalue weighted by Crippen LogP contribution is -2.23. The normalized spacial score (nSPS) is 10.3. The number of hydrogen-bond donors (Lipinski definition) is 3. The molecule has 0 saturated carbocycles. The van der Waals surface area contributed by atoms with Crippen molar-refractivity contribution in [3.8, 4) is 11.5 Å². The first-order valence-corrected chi connectivity index (χ1v) is 5.72. The highest BCUT2D eigenvalue weighted by Gasteiger charge is 2.16. The van der Waals surface area contributed by atoms with Gasteiger partial charge in [-0.1, -0.05) is 12.1 Å². The number of benzene rings is 2. The average Bonchev–Trinajstić information content (AvgIpc) is 2.37. The zero-order valence-electron chi connectivity index (χ0n) is 10.2. The van der Waals surface area contributed by atoms with E-state index in [0.717, 1.165) is 6.07 Å². The summed E-state index contributed by atoms with van der Waals surface area (Å²) in [4.78, 5) is 11.8. The van der Waals surface area contributed by atoms with Crippen molar-refractivity contribution in [2.24, 2.45) is 0 Å². The number of amides is 1. The van der Waals surface area contributed by atoms with Crippen LogP contribution in [0.1, 0.15) is 15.9 Å². The number of aromatic hydroxyl groups is 2. The van der Waals surface area contributed by atoms with Crippen LogP contribution in [-0.4, -0.2) is 16.1 Å². The molecule has 0 aromatic heterocycles. The molecule has 0 aliphatic heterocycles. The van der Waals surface area contributed by atoms with E-state index in [0.29, 0.717) is 6.07 Å². The number of carbonyl (C=O) groups is 1. The first-order chi connectivity index (χ1) is 9.49. The second-order valence-electron chi connectivity index (χ2n) is 4.09. The monoisotopic (exact) mass is 279 g/mol. The second kappa shape index (κ2) is 5.56. The van der Waals surface area contributed by atoms with E-state index in [1.165, 1.54) is 24.3 Å². The van der Waals surface area contributed by atoms with E-state index >= 15 is 0 Å². The van der Waals surface area contributed by atoms with Gasteiger partial charge in [0.25, 0.3) is 5.91 Å². The number of halogens is 2. The molecule has 0 bridgehead atoms. The van der Waals surface area contributed by atoms with Crippen LogP contribution in [0.15, 0.2) is 36.4 Å². The molecule has 4 nitrogen and oxygen atoms in total. The first-order valence-electron chi connectivity index (χ1n) is 5.72. The highest BCUT2D eigenvalue weighted by atomic mass is 19.1. The maximum Gasteiger partial charge on any atom is 0.259 e. The maximum atomic E-state index is 13.4. The van der Waals surface area contributed by atoms with Crippen molar-refractivity contribution in [2.75, 3.05) is 0 Å². The molecule has 0 fully saturated rings. The van der Waals surface area contributed by atoms with Crippen molar-refractivity contribution in [2.45, 2.75) is 6.54 Å². The largest absolute Gasteiger partial charge is 0.507 e. The van der Waals surface area contributed by atoms with E-state index < -0.39 is 17.5 Å². The molecule has 20 heavy (non-hydrogen) atoms. The molecule has 3 N–H and O–H groups in total. The Balaban J connectivity index is 2.13. The van der Waals surface area contributed by atoms with Crippen LogP contribution >= 0.6 is 0 Å². The molecule has 0 radical (unpaired) electrons. The molecule has 0 atom stereocenters. The SMILES string of the molecule is O=C(NCc1ccc(F)cc1F)c1c(O)cccc1O. The van der Waals surface area contributed by atoms with Gasteiger partial charge in [-0.05, 0) is 18.2 Å². The molecule has 2 aromatic rings. The van der Waals surface area contributed by atoms with Gasteiger partial charge in [-0.3, -0.25) is 4.79 Å². The topological polar surface area (TPSA) is 69.6 Å². The Kier molecular flexibility index (Phi) is 3.84. The second-order valence-corrected chi connectivity index (χ2v) is 4.09. The Morgan fingerprint density at radius 1 is 1.10 bits per heavy atom. The molecule has 0 heterocycles. The highest BCUT2D eigenvalue weighted by molar-refractivity contribution is 5.99. The molecule has 0 aliphatic rings. The quantitative estimate of drug-likeness (QED) is 0.807. The number of phenolic OH excluding ortho intramolecular Hbond substituents is 2. The summed E-state index contributed by atoms with van der Waals surface area (Å²) in [5, 5.41) is 21.3. The van der Waals surface area contributed by atoms with Crippen LogP contribution in [0.3, 0.4) is 0 Å². The minimum atomic E-state index is -0.785. The minimum Gasteiger partial charge on any atom is -0.507 e. The third-order valence-electron chi connectivity index (χ3n) is 2.70. The fourth-order valence-corrected chi connectivity index (χ4v) is 1.69. The summed E-state index contributed by atoms with van der Waals surface area (Å²) in [7, 11) is 0. The number of nitrogens with one attached hydrogen (secondary N) is 1. The summed E-state index contributed by atoms with van der Waals surface area (Å²) in [6.07, 6.45) is 0. The standard InChI is InChI=1S/C14H11F2NO3/c15-9-5-4-8(10(16)6-9)7-17-14(20)13-11(18)2-1-3-12(13)19/h1-6,18-19H,7H2,(H,17,20). The van der Waals surface area contributed by atoms with Gasteiger partial charge in [0.15, 0.2) is 0 Å². The number of phenols is 2. The fourth-order valence-electron chi connectivity index (χ4n) is 1.69. The molecule has 0 spiro atoms. The van der Waals surface area contributed by atoms with Crippen molar-refractivity contribution < 1.29 is 23.8 Å². The van der Waals surface area contributed by atoms with Crippen LogP contribution in [0.25, 0.3) is 0 Å². The van der Waals surface area contributed by atoms with Crippen molar-refractivity contribution in [1.82, 2.24) is 5.32 Å². The molecule has 0 saturated heterocycles. The van der Waals surface area contributed by atoms with Crippen molar-refractivity contribution in [3.63, 3.8) is 0 Å². The van der Waals surface area contributed by atoms with Crippen molar-refractivity contribution in [3.05, 3.63) is 59.2 Å². The van der Waals surface area contributed by atoms with Gasteiger partial charge in [-0.2, -0.15) is 0 Å². The molecular weight excluding hydrogens is 268 g/mol. The van der Waals surface area contributed by atoms with E-state index in [4.69, 9.17) is 0 Å². The van der Waals surface area contributed by atoms with Crippen LogP contribution in [0.2, 0.25) is 0 Å². The molecule has 1 amide bonds. The third-order valence-corrected chi connectivity index (χ3v) is 2.70. The molecular formula is C14H11F2NO3. The zero-order chi connectivity index (χ0) is 14.7. The van der Waals surface area contributed by atoms with E-state index in [2.05, 4.69) is 5.32 Å². The summed E-state index contributed by atoms with van der Waals surface area (Å²) in [6.45, 7) is -0.196. The van der Waals surface area contributed by atoms with Gasteiger partial charge >= 0.3 is 0 Å². The van der Waals surface area contributed by atoms with E-state index in [1.807, 2.05) is 0 Å². The van der Waals surface area contributed by atoms with Gasteiger partial charge in [0.1, 0.15) is 28.7 Å².